The number of rotatable bonds is 9. The second-order valence-corrected chi connectivity index (χ2v) is 9.41. The molecular weight excluding hydrogens is 382 g/mol. The number of benzene rings is 1. The summed E-state index contributed by atoms with van der Waals surface area (Å²) in [7, 11) is 0. The fourth-order valence-corrected chi connectivity index (χ4v) is 4.86. The molecule has 0 bridgehead atoms. The Balaban J connectivity index is 1.44. The minimum absolute atomic E-state index is 0.0539. The van der Waals surface area contributed by atoms with Gasteiger partial charge in [-0.3, -0.25) is 9.36 Å². The van der Waals surface area contributed by atoms with Crippen LogP contribution in [0.15, 0.2) is 35.5 Å². The van der Waals surface area contributed by atoms with Gasteiger partial charge in [-0.05, 0) is 44.6 Å². The normalized spacial score (nSPS) is 18.6. The highest BCUT2D eigenvalue weighted by atomic mass is 32.2. The number of hydrogen-bond donors (Lipinski definition) is 1. The van der Waals surface area contributed by atoms with Crippen molar-refractivity contribution in [2.75, 3.05) is 18.0 Å². The van der Waals surface area contributed by atoms with Crippen LogP contribution in [0.4, 0.5) is 5.95 Å². The molecule has 1 saturated heterocycles. The number of amides is 1. The predicted molar refractivity (Wildman–Crippen MR) is 117 cm³/mol. The monoisotopic (exact) mass is 413 g/mol. The minimum Gasteiger partial charge on any atom is -0.348 e. The molecule has 2 heterocycles. The molecule has 2 unspecified atom stereocenters. The van der Waals surface area contributed by atoms with Gasteiger partial charge in [-0.1, -0.05) is 55.4 Å². The fourth-order valence-electron chi connectivity index (χ4n) is 3.93. The highest BCUT2D eigenvalue weighted by Crippen LogP contribution is 2.42. The van der Waals surface area contributed by atoms with Crippen LogP contribution in [0, 0.1) is 0 Å². The van der Waals surface area contributed by atoms with Crippen LogP contribution in [0.3, 0.4) is 0 Å². The van der Waals surface area contributed by atoms with Gasteiger partial charge in [0, 0.05) is 19.1 Å². The second-order valence-electron chi connectivity index (χ2n) is 8.10. The van der Waals surface area contributed by atoms with E-state index in [2.05, 4.69) is 44.0 Å². The van der Waals surface area contributed by atoms with Crippen molar-refractivity contribution < 1.29 is 4.79 Å². The molecule has 7 heteroatoms. The molecule has 1 N–H and O–H groups in total. The smallest absolute Gasteiger partial charge is 0.233 e. The Kier molecular flexibility index (Phi) is 6.43. The Hall–Kier alpha value is -2.02. The van der Waals surface area contributed by atoms with Crippen molar-refractivity contribution in [3.8, 4) is 0 Å². The van der Waals surface area contributed by atoms with Crippen molar-refractivity contribution in [2.24, 2.45) is 0 Å². The van der Waals surface area contributed by atoms with Crippen LogP contribution in [-0.4, -0.2) is 39.0 Å². The predicted octanol–water partition coefficient (Wildman–Crippen LogP) is 4.35. The molecule has 156 valence electrons. The minimum atomic E-state index is -0.216. The lowest BCUT2D eigenvalue weighted by molar-refractivity contribution is -0.121. The van der Waals surface area contributed by atoms with Crippen LogP contribution in [0.5, 0.6) is 0 Å². The first kappa shape index (κ1) is 20.3. The molecule has 1 saturated carbocycles. The van der Waals surface area contributed by atoms with Crippen molar-refractivity contribution in [1.29, 1.82) is 0 Å². The summed E-state index contributed by atoms with van der Waals surface area (Å²) in [6.45, 7) is 6.23. The van der Waals surface area contributed by atoms with E-state index < -0.39 is 0 Å². The van der Waals surface area contributed by atoms with Crippen LogP contribution in [-0.2, 0) is 4.79 Å². The van der Waals surface area contributed by atoms with Gasteiger partial charge in [-0.25, -0.2) is 0 Å². The number of aromatic nitrogens is 3. The van der Waals surface area contributed by atoms with Crippen LogP contribution in [0.2, 0.25) is 0 Å². The molecule has 2 aromatic rings. The zero-order valence-corrected chi connectivity index (χ0v) is 18.2. The van der Waals surface area contributed by atoms with Gasteiger partial charge in [0.25, 0.3) is 0 Å². The summed E-state index contributed by atoms with van der Waals surface area (Å²) in [6, 6.07) is 10.8. The Morgan fingerprint density at radius 2 is 1.93 bits per heavy atom. The van der Waals surface area contributed by atoms with Gasteiger partial charge in [-0.2, -0.15) is 0 Å². The molecule has 29 heavy (non-hydrogen) atoms. The summed E-state index contributed by atoms with van der Waals surface area (Å²) in [5, 5.41) is 12.9. The van der Waals surface area contributed by atoms with E-state index in [0.717, 1.165) is 42.6 Å². The SMILES string of the molecule is CCCC(NC(=O)C(C)Sc1nnc(N2CCCC2)n1C1CC1)c1ccccc1. The van der Waals surface area contributed by atoms with E-state index in [1.807, 2.05) is 25.1 Å². The third-order valence-corrected chi connectivity index (χ3v) is 6.75. The van der Waals surface area contributed by atoms with Gasteiger partial charge in [0.2, 0.25) is 11.9 Å². The lowest BCUT2D eigenvalue weighted by Crippen LogP contribution is -2.34. The molecule has 0 spiro atoms. The standard InChI is InChI=1S/C22H31N5OS/c1-3-9-19(17-10-5-4-6-11-17)23-20(28)16(2)29-22-25-24-21(26-14-7-8-15-26)27(22)18-12-13-18/h4-6,10-11,16,18-19H,3,7-9,12-15H2,1-2H3,(H,23,28). The van der Waals surface area contributed by atoms with E-state index in [0.29, 0.717) is 6.04 Å². The third-order valence-electron chi connectivity index (χ3n) is 5.69. The molecule has 1 aromatic heterocycles. The molecule has 1 aromatic carbocycles. The van der Waals surface area contributed by atoms with E-state index >= 15 is 0 Å². The average Bonchev–Trinajstić information content (AvgIpc) is 3.25. The van der Waals surface area contributed by atoms with E-state index in [1.165, 1.54) is 37.4 Å². The quantitative estimate of drug-likeness (QED) is 0.619. The van der Waals surface area contributed by atoms with Gasteiger partial charge in [0.15, 0.2) is 5.16 Å². The van der Waals surface area contributed by atoms with E-state index in [9.17, 15) is 4.79 Å². The number of anilines is 1. The van der Waals surface area contributed by atoms with Gasteiger partial charge in [0.05, 0.1) is 11.3 Å². The molecule has 2 atom stereocenters. The Labute approximate surface area is 177 Å². The number of carbonyl (C=O) groups excluding carboxylic acids is 1. The Morgan fingerprint density at radius 3 is 2.59 bits per heavy atom. The van der Waals surface area contributed by atoms with Gasteiger partial charge in [-0.15, -0.1) is 10.2 Å². The molecule has 2 aliphatic rings. The first-order chi connectivity index (χ1) is 14.2. The number of nitrogens with one attached hydrogen (secondary N) is 1. The maximum atomic E-state index is 13.0. The first-order valence-electron chi connectivity index (χ1n) is 10.9. The van der Waals surface area contributed by atoms with Crippen LogP contribution < -0.4 is 10.2 Å². The highest BCUT2D eigenvalue weighted by Gasteiger charge is 2.33. The van der Waals surface area contributed by atoms with E-state index in [1.54, 1.807) is 0 Å². The summed E-state index contributed by atoms with van der Waals surface area (Å²) in [5.74, 6) is 1.05. The lowest BCUT2D eigenvalue weighted by atomic mass is 10.0. The molecule has 1 aliphatic carbocycles. The molecule has 2 fully saturated rings. The summed E-state index contributed by atoms with van der Waals surface area (Å²) in [5.41, 5.74) is 1.16. The maximum absolute atomic E-state index is 13.0. The molecule has 0 radical (unpaired) electrons. The summed E-state index contributed by atoms with van der Waals surface area (Å²) in [6.07, 6.45) is 6.76. The summed E-state index contributed by atoms with van der Waals surface area (Å²) >= 11 is 1.53. The zero-order chi connectivity index (χ0) is 20.2. The van der Waals surface area contributed by atoms with Crippen LogP contribution >= 0.6 is 11.8 Å². The van der Waals surface area contributed by atoms with Gasteiger partial charge >= 0.3 is 0 Å². The third kappa shape index (κ3) is 4.77. The lowest BCUT2D eigenvalue weighted by Gasteiger charge is -2.21. The number of carbonyl (C=O) groups is 1. The Bertz CT molecular complexity index is 814. The first-order valence-corrected chi connectivity index (χ1v) is 11.8. The second kappa shape index (κ2) is 9.20. The Morgan fingerprint density at radius 1 is 1.21 bits per heavy atom. The summed E-state index contributed by atoms with van der Waals surface area (Å²) < 4.78 is 2.28. The highest BCUT2D eigenvalue weighted by molar-refractivity contribution is 8.00. The van der Waals surface area contributed by atoms with Crippen molar-refractivity contribution in [2.45, 2.75) is 74.9 Å². The largest absolute Gasteiger partial charge is 0.348 e. The number of hydrogen-bond acceptors (Lipinski definition) is 5. The molecular formula is C22H31N5OS. The summed E-state index contributed by atoms with van der Waals surface area (Å²) in [4.78, 5) is 15.3. The topological polar surface area (TPSA) is 63.1 Å². The van der Waals surface area contributed by atoms with Crippen molar-refractivity contribution >= 4 is 23.6 Å². The van der Waals surface area contributed by atoms with Crippen molar-refractivity contribution in [3.63, 3.8) is 0 Å². The molecule has 6 nitrogen and oxygen atoms in total. The van der Waals surface area contributed by atoms with Crippen LogP contribution in [0.25, 0.3) is 0 Å². The van der Waals surface area contributed by atoms with Crippen molar-refractivity contribution in [1.82, 2.24) is 20.1 Å². The molecule has 1 aliphatic heterocycles. The van der Waals surface area contributed by atoms with E-state index in [4.69, 9.17) is 0 Å². The average molecular weight is 414 g/mol. The number of thioether (sulfide) groups is 1. The fraction of sp³-hybridized carbons (Fsp3) is 0.591. The molecule has 1 amide bonds. The van der Waals surface area contributed by atoms with E-state index in [-0.39, 0.29) is 17.2 Å². The van der Waals surface area contributed by atoms with Crippen molar-refractivity contribution in [3.05, 3.63) is 35.9 Å². The van der Waals surface area contributed by atoms with Gasteiger partial charge < -0.3 is 10.2 Å². The number of nitrogens with zero attached hydrogens (tertiary/aromatic N) is 4. The van der Waals surface area contributed by atoms with Gasteiger partial charge in [0.1, 0.15) is 0 Å². The zero-order valence-electron chi connectivity index (χ0n) is 17.4. The maximum Gasteiger partial charge on any atom is 0.233 e. The molecule has 4 rings (SSSR count). The van der Waals surface area contributed by atoms with Crippen LogP contribution in [0.1, 0.15) is 70.0 Å².